The van der Waals surface area contributed by atoms with Crippen LogP contribution < -0.4 is 15.6 Å². The lowest BCUT2D eigenvalue weighted by atomic mass is 10.1. The number of carbonyl (C=O) groups excluding carboxylic acids is 2. The Bertz CT molecular complexity index is 908. The van der Waals surface area contributed by atoms with Crippen molar-refractivity contribution >= 4 is 22.7 Å². The molecule has 3 rings (SSSR count). The zero-order valence-corrected chi connectivity index (χ0v) is 13.2. The highest BCUT2D eigenvalue weighted by Gasteiger charge is 2.17. The molecule has 2 aromatic carbocycles. The lowest BCUT2D eigenvalue weighted by Crippen LogP contribution is -2.47. The molecule has 1 unspecified atom stereocenters. The Morgan fingerprint density at radius 3 is 2.68 bits per heavy atom. The third kappa shape index (κ3) is 3.74. The fourth-order valence-electron chi connectivity index (χ4n) is 2.22. The summed E-state index contributed by atoms with van der Waals surface area (Å²) in [5.74, 6) is -1.09. The number of fused-ring (bicyclic) bond motifs is 1. The fourth-order valence-corrected chi connectivity index (χ4v) is 2.22. The summed E-state index contributed by atoms with van der Waals surface area (Å²) < 4.78 is 18.2. The number of para-hydroxylation sites is 1. The number of aromatic amines is 1. The summed E-state index contributed by atoms with van der Waals surface area (Å²) in [6.45, 7) is 1.51. The summed E-state index contributed by atoms with van der Waals surface area (Å²) in [7, 11) is 0. The van der Waals surface area contributed by atoms with Crippen LogP contribution in [0.2, 0.25) is 0 Å². The van der Waals surface area contributed by atoms with Gasteiger partial charge in [0.25, 0.3) is 11.8 Å². The van der Waals surface area contributed by atoms with Crippen LogP contribution in [0.15, 0.2) is 48.7 Å². The van der Waals surface area contributed by atoms with Crippen LogP contribution in [0.5, 0.6) is 5.75 Å². The van der Waals surface area contributed by atoms with Crippen molar-refractivity contribution in [3.8, 4) is 5.75 Å². The quantitative estimate of drug-likeness (QED) is 0.631. The van der Waals surface area contributed by atoms with Gasteiger partial charge in [0.05, 0.1) is 17.3 Å². The first-order valence-corrected chi connectivity index (χ1v) is 7.49. The second-order valence-electron chi connectivity index (χ2n) is 5.30. The number of nitrogens with one attached hydrogen (secondary N) is 3. The molecule has 25 heavy (non-hydrogen) atoms. The van der Waals surface area contributed by atoms with Gasteiger partial charge in [-0.3, -0.25) is 25.5 Å². The minimum Gasteiger partial charge on any atom is -0.481 e. The van der Waals surface area contributed by atoms with Crippen molar-refractivity contribution < 1.29 is 18.7 Å². The third-order valence-corrected chi connectivity index (χ3v) is 3.52. The van der Waals surface area contributed by atoms with Gasteiger partial charge >= 0.3 is 0 Å². The average molecular weight is 342 g/mol. The van der Waals surface area contributed by atoms with E-state index in [9.17, 15) is 14.0 Å². The molecule has 1 aromatic heterocycles. The summed E-state index contributed by atoms with van der Waals surface area (Å²) in [4.78, 5) is 24.2. The topological polar surface area (TPSA) is 96.1 Å². The van der Waals surface area contributed by atoms with Crippen LogP contribution in [-0.2, 0) is 4.79 Å². The standard InChI is InChI=1S/C17H15FN4O3/c1-10(25-13-7-5-12(18)6-8-13)16(23)21-22-17(24)14-4-2-3-11-9-19-20-15(11)14/h2-10H,1H3,(H,19,20)(H,21,23)(H,22,24). The van der Waals surface area contributed by atoms with Crippen LogP contribution in [-0.4, -0.2) is 28.1 Å². The molecule has 0 radical (unpaired) electrons. The number of amides is 2. The molecule has 3 N–H and O–H groups in total. The minimum absolute atomic E-state index is 0.345. The molecule has 7 nitrogen and oxygen atoms in total. The van der Waals surface area contributed by atoms with Gasteiger partial charge in [-0.25, -0.2) is 4.39 Å². The van der Waals surface area contributed by atoms with E-state index in [1.807, 2.05) is 6.07 Å². The number of H-pyrrole nitrogens is 1. The van der Waals surface area contributed by atoms with Crippen molar-refractivity contribution in [2.24, 2.45) is 0 Å². The summed E-state index contributed by atoms with van der Waals surface area (Å²) >= 11 is 0. The Hall–Kier alpha value is -3.42. The lowest BCUT2D eigenvalue weighted by Gasteiger charge is -2.15. The molecule has 128 valence electrons. The zero-order chi connectivity index (χ0) is 17.8. The molecule has 0 aliphatic heterocycles. The highest BCUT2D eigenvalue weighted by molar-refractivity contribution is 6.05. The first-order valence-electron chi connectivity index (χ1n) is 7.49. The average Bonchev–Trinajstić information content (AvgIpc) is 3.10. The number of hydrogen-bond donors (Lipinski definition) is 3. The van der Waals surface area contributed by atoms with Crippen LogP contribution in [0.1, 0.15) is 17.3 Å². The van der Waals surface area contributed by atoms with Crippen LogP contribution in [0.25, 0.3) is 10.9 Å². The SMILES string of the molecule is CC(Oc1ccc(F)cc1)C(=O)NNC(=O)c1cccc2cn[nH]c12. The second kappa shape index (κ2) is 7.00. The predicted octanol–water partition coefficient (Wildman–Crippen LogP) is 1.93. The Kier molecular flexibility index (Phi) is 4.60. The van der Waals surface area contributed by atoms with E-state index in [2.05, 4.69) is 21.0 Å². The van der Waals surface area contributed by atoms with Crippen molar-refractivity contribution in [2.75, 3.05) is 0 Å². The lowest BCUT2D eigenvalue weighted by molar-refractivity contribution is -0.128. The number of nitrogens with zero attached hydrogens (tertiary/aromatic N) is 1. The normalized spacial score (nSPS) is 11.8. The van der Waals surface area contributed by atoms with Gasteiger partial charge in [-0.15, -0.1) is 0 Å². The molecule has 2 amide bonds. The molecule has 0 fully saturated rings. The third-order valence-electron chi connectivity index (χ3n) is 3.52. The summed E-state index contributed by atoms with van der Waals surface area (Å²) in [5.41, 5.74) is 5.55. The number of rotatable bonds is 4. The zero-order valence-electron chi connectivity index (χ0n) is 13.2. The summed E-state index contributed by atoms with van der Waals surface area (Å²) in [6, 6.07) is 10.4. The fraction of sp³-hybridized carbons (Fsp3) is 0.118. The monoisotopic (exact) mass is 342 g/mol. The molecule has 0 saturated carbocycles. The molecule has 0 aliphatic rings. The molecular weight excluding hydrogens is 327 g/mol. The van der Waals surface area contributed by atoms with Gasteiger partial charge < -0.3 is 4.74 Å². The Balaban J connectivity index is 1.58. The van der Waals surface area contributed by atoms with Crippen molar-refractivity contribution in [1.82, 2.24) is 21.0 Å². The maximum Gasteiger partial charge on any atom is 0.279 e. The van der Waals surface area contributed by atoms with Crippen molar-refractivity contribution in [1.29, 1.82) is 0 Å². The van der Waals surface area contributed by atoms with Crippen molar-refractivity contribution in [3.63, 3.8) is 0 Å². The van der Waals surface area contributed by atoms with Gasteiger partial charge in [-0.05, 0) is 37.3 Å². The Morgan fingerprint density at radius 2 is 1.92 bits per heavy atom. The van der Waals surface area contributed by atoms with Crippen molar-refractivity contribution in [2.45, 2.75) is 13.0 Å². The van der Waals surface area contributed by atoms with Gasteiger partial charge in [-0.2, -0.15) is 5.10 Å². The van der Waals surface area contributed by atoms with E-state index in [0.29, 0.717) is 16.8 Å². The number of aromatic nitrogens is 2. The molecule has 3 aromatic rings. The number of carbonyl (C=O) groups is 2. The number of benzene rings is 2. The van der Waals surface area contributed by atoms with E-state index in [1.54, 1.807) is 18.3 Å². The van der Waals surface area contributed by atoms with E-state index in [4.69, 9.17) is 4.74 Å². The van der Waals surface area contributed by atoms with E-state index in [-0.39, 0.29) is 0 Å². The molecule has 8 heteroatoms. The number of halogens is 1. The van der Waals surface area contributed by atoms with E-state index < -0.39 is 23.7 Å². The van der Waals surface area contributed by atoms with Crippen LogP contribution in [0.4, 0.5) is 4.39 Å². The van der Waals surface area contributed by atoms with E-state index >= 15 is 0 Å². The van der Waals surface area contributed by atoms with Gasteiger partial charge in [-0.1, -0.05) is 12.1 Å². The molecule has 0 spiro atoms. The molecular formula is C17H15FN4O3. The van der Waals surface area contributed by atoms with Gasteiger partial charge in [0, 0.05) is 5.39 Å². The Labute approximate surface area is 142 Å². The molecule has 0 bridgehead atoms. The maximum absolute atomic E-state index is 12.9. The second-order valence-corrected chi connectivity index (χ2v) is 5.30. The molecule has 0 saturated heterocycles. The number of hydrazine groups is 1. The molecule has 0 aliphatic carbocycles. The smallest absolute Gasteiger partial charge is 0.279 e. The van der Waals surface area contributed by atoms with Crippen LogP contribution in [0.3, 0.4) is 0 Å². The first-order chi connectivity index (χ1) is 12.0. The molecule has 1 atom stereocenters. The number of ether oxygens (including phenoxy) is 1. The summed E-state index contributed by atoms with van der Waals surface area (Å²) in [5, 5.41) is 7.40. The predicted molar refractivity (Wildman–Crippen MR) is 88.2 cm³/mol. The van der Waals surface area contributed by atoms with E-state index in [0.717, 1.165) is 5.39 Å². The van der Waals surface area contributed by atoms with Gasteiger partial charge in [0.1, 0.15) is 11.6 Å². The van der Waals surface area contributed by atoms with Gasteiger partial charge in [0.15, 0.2) is 6.10 Å². The highest BCUT2D eigenvalue weighted by atomic mass is 19.1. The molecule has 1 heterocycles. The maximum atomic E-state index is 12.9. The summed E-state index contributed by atoms with van der Waals surface area (Å²) in [6.07, 6.45) is 0.720. The van der Waals surface area contributed by atoms with Crippen molar-refractivity contribution in [3.05, 3.63) is 60.0 Å². The van der Waals surface area contributed by atoms with E-state index in [1.165, 1.54) is 31.2 Å². The van der Waals surface area contributed by atoms with Crippen LogP contribution >= 0.6 is 0 Å². The minimum atomic E-state index is -0.881. The van der Waals surface area contributed by atoms with Crippen LogP contribution in [0, 0.1) is 5.82 Å². The first kappa shape index (κ1) is 16.4. The van der Waals surface area contributed by atoms with Gasteiger partial charge in [0.2, 0.25) is 0 Å². The highest BCUT2D eigenvalue weighted by Crippen LogP contribution is 2.15. The number of hydrogen-bond acceptors (Lipinski definition) is 4. The largest absolute Gasteiger partial charge is 0.481 e. The Morgan fingerprint density at radius 1 is 1.16 bits per heavy atom.